The number of likely N-dealkylation sites (N-methyl/N-ethyl adjacent to an activating group) is 1. The number of furan rings is 1. The second-order valence-corrected chi connectivity index (χ2v) is 6.92. The van der Waals surface area contributed by atoms with Crippen LogP contribution in [0.15, 0.2) is 59.0 Å². The van der Waals surface area contributed by atoms with Gasteiger partial charge >= 0.3 is 0 Å². The molecule has 0 fully saturated rings. The fourth-order valence-corrected chi connectivity index (χ4v) is 3.00. The summed E-state index contributed by atoms with van der Waals surface area (Å²) in [5.41, 5.74) is 1.46. The van der Waals surface area contributed by atoms with Gasteiger partial charge in [-0.3, -0.25) is 14.5 Å². The number of carbonyl (C=O) groups excluding carboxylic acids is 2. The van der Waals surface area contributed by atoms with Crippen LogP contribution in [0.4, 0.5) is 5.69 Å². The Labute approximate surface area is 169 Å². The fourth-order valence-electron chi connectivity index (χ4n) is 3.00. The summed E-state index contributed by atoms with van der Waals surface area (Å²) in [7, 11) is 3.31. The molecule has 3 aromatic rings. The van der Waals surface area contributed by atoms with E-state index in [0.717, 1.165) is 16.7 Å². The molecular weight excluding hydrogens is 370 g/mol. The Hall–Kier alpha value is -3.32. The molecule has 3 rings (SSSR count). The van der Waals surface area contributed by atoms with Crippen molar-refractivity contribution < 1.29 is 18.7 Å². The van der Waals surface area contributed by atoms with Crippen molar-refractivity contribution in [1.82, 2.24) is 10.2 Å². The Kier molecular flexibility index (Phi) is 6.51. The summed E-state index contributed by atoms with van der Waals surface area (Å²) in [5, 5.41) is 6.70. The van der Waals surface area contributed by atoms with Gasteiger partial charge in [0.1, 0.15) is 17.1 Å². The van der Waals surface area contributed by atoms with Crippen molar-refractivity contribution in [3.63, 3.8) is 0 Å². The number of benzene rings is 2. The van der Waals surface area contributed by atoms with Crippen molar-refractivity contribution in [2.75, 3.05) is 32.6 Å². The van der Waals surface area contributed by atoms with Crippen LogP contribution in [0.3, 0.4) is 0 Å². The zero-order chi connectivity index (χ0) is 20.8. The topological polar surface area (TPSA) is 83.8 Å². The number of ether oxygens (including phenoxy) is 1. The van der Waals surface area contributed by atoms with Gasteiger partial charge in [0.05, 0.1) is 26.2 Å². The van der Waals surface area contributed by atoms with Crippen LogP contribution in [0.2, 0.25) is 0 Å². The van der Waals surface area contributed by atoms with Crippen LogP contribution < -0.4 is 15.4 Å². The van der Waals surface area contributed by atoms with Gasteiger partial charge in [0, 0.05) is 11.1 Å². The summed E-state index contributed by atoms with van der Waals surface area (Å²) in [6.07, 6.45) is 0. The Morgan fingerprint density at radius 1 is 1.07 bits per heavy atom. The minimum atomic E-state index is -0.267. The molecule has 0 radical (unpaired) electrons. The third kappa shape index (κ3) is 5.58. The Morgan fingerprint density at radius 3 is 2.45 bits per heavy atom. The summed E-state index contributed by atoms with van der Waals surface area (Å²) in [5.74, 6) is 1.03. The maximum absolute atomic E-state index is 12.3. The summed E-state index contributed by atoms with van der Waals surface area (Å²) in [4.78, 5) is 26.1. The first kappa shape index (κ1) is 20.4. The number of hydrogen-bond acceptors (Lipinski definition) is 5. The number of nitrogens with zero attached hydrogens (tertiary/aromatic N) is 1. The average Bonchev–Trinajstić information content (AvgIpc) is 3.12. The van der Waals surface area contributed by atoms with E-state index in [0.29, 0.717) is 11.4 Å². The molecule has 0 unspecified atom stereocenters. The van der Waals surface area contributed by atoms with E-state index in [9.17, 15) is 9.59 Å². The van der Waals surface area contributed by atoms with Gasteiger partial charge in [-0.15, -0.1) is 0 Å². The number of hydrogen-bond donors (Lipinski definition) is 2. The summed E-state index contributed by atoms with van der Waals surface area (Å²) < 4.78 is 10.9. The molecule has 152 valence electrons. The fraction of sp³-hybridized carbons (Fsp3) is 0.273. The van der Waals surface area contributed by atoms with Crippen LogP contribution in [0.25, 0.3) is 11.0 Å². The second-order valence-electron chi connectivity index (χ2n) is 6.92. The number of amides is 2. The number of fused-ring (bicyclic) bond motifs is 1. The first-order valence-corrected chi connectivity index (χ1v) is 9.35. The molecule has 0 aliphatic rings. The number of para-hydroxylation sites is 1. The molecule has 0 saturated carbocycles. The molecule has 0 saturated heterocycles. The van der Waals surface area contributed by atoms with Gasteiger partial charge in [0.2, 0.25) is 11.8 Å². The zero-order valence-corrected chi connectivity index (χ0v) is 16.8. The predicted octanol–water partition coefficient (Wildman–Crippen LogP) is 3.19. The normalized spacial score (nSPS) is 12.0. The monoisotopic (exact) mass is 395 g/mol. The van der Waals surface area contributed by atoms with Crippen LogP contribution in [0, 0.1) is 0 Å². The quantitative estimate of drug-likeness (QED) is 0.612. The van der Waals surface area contributed by atoms with Crippen LogP contribution >= 0.6 is 0 Å². The second kappa shape index (κ2) is 9.25. The lowest BCUT2D eigenvalue weighted by Crippen LogP contribution is -2.39. The van der Waals surface area contributed by atoms with Crippen LogP contribution in [-0.4, -0.2) is 44.0 Å². The number of nitrogens with one attached hydrogen (secondary N) is 2. The highest BCUT2D eigenvalue weighted by Crippen LogP contribution is 2.23. The molecule has 2 aromatic carbocycles. The van der Waals surface area contributed by atoms with Crippen LogP contribution in [-0.2, 0) is 9.59 Å². The largest absolute Gasteiger partial charge is 0.497 e. The molecular formula is C22H25N3O4. The summed E-state index contributed by atoms with van der Waals surface area (Å²) in [6, 6.07) is 16.4. The molecule has 2 N–H and O–H groups in total. The lowest BCUT2D eigenvalue weighted by molar-refractivity contribution is -0.123. The van der Waals surface area contributed by atoms with Crippen molar-refractivity contribution >= 4 is 28.5 Å². The Balaban J connectivity index is 1.47. The van der Waals surface area contributed by atoms with E-state index >= 15 is 0 Å². The molecule has 0 aliphatic carbocycles. The highest BCUT2D eigenvalue weighted by Gasteiger charge is 2.16. The Bertz CT molecular complexity index is 948. The van der Waals surface area contributed by atoms with E-state index in [4.69, 9.17) is 9.15 Å². The highest BCUT2D eigenvalue weighted by molar-refractivity contribution is 5.92. The van der Waals surface area contributed by atoms with Gasteiger partial charge in [-0.2, -0.15) is 0 Å². The molecule has 1 heterocycles. The first-order valence-electron chi connectivity index (χ1n) is 9.35. The minimum absolute atomic E-state index is 0.0957. The standard InChI is InChI=1S/C22H25N3O4/c1-15(20-12-16-6-4-5-7-19(16)29-20)23-21(26)13-25(2)14-22(27)24-17-8-10-18(28-3)11-9-17/h4-12,15H,13-14H2,1-3H3,(H,23,26)(H,24,27)/t15-/m0/s1. The molecule has 1 atom stereocenters. The van der Waals surface area contributed by atoms with E-state index in [1.165, 1.54) is 0 Å². The van der Waals surface area contributed by atoms with Crippen LogP contribution in [0.5, 0.6) is 5.75 Å². The van der Waals surface area contributed by atoms with Gasteiger partial charge in [-0.25, -0.2) is 0 Å². The predicted molar refractivity (Wildman–Crippen MR) is 112 cm³/mol. The lowest BCUT2D eigenvalue weighted by atomic mass is 10.2. The van der Waals surface area contributed by atoms with Crippen molar-refractivity contribution in [3.8, 4) is 5.75 Å². The first-order chi connectivity index (χ1) is 13.9. The minimum Gasteiger partial charge on any atom is -0.497 e. The van der Waals surface area contributed by atoms with E-state index in [-0.39, 0.29) is 30.9 Å². The molecule has 0 aliphatic heterocycles. The van der Waals surface area contributed by atoms with Gasteiger partial charge in [0.15, 0.2) is 0 Å². The van der Waals surface area contributed by atoms with E-state index in [1.54, 1.807) is 43.3 Å². The zero-order valence-electron chi connectivity index (χ0n) is 16.8. The average molecular weight is 395 g/mol. The molecule has 2 amide bonds. The number of anilines is 1. The maximum Gasteiger partial charge on any atom is 0.238 e. The van der Waals surface area contributed by atoms with Crippen molar-refractivity contribution in [2.24, 2.45) is 0 Å². The van der Waals surface area contributed by atoms with Crippen molar-refractivity contribution in [2.45, 2.75) is 13.0 Å². The van der Waals surface area contributed by atoms with E-state index in [2.05, 4.69) is 10.6 Å². The molecule has 1 aromatic heterocycles. The molecule has 7 nitrogen and oxygen atoms in total. The molecule has 29 heavy (non-hydrogen) atoms. The van der Waals surface area contributed by atoms with Crippen LogP contribution in [0.1, 0.15) is 18.7 Å². The van der Waals surface area contributed by atoms with Gasteiger partial charge in [-0.05, 0) is 50.4 Å². The SMILES string of the molecule is COc1ccc(NC(=O)CN(C)CC(=O)N[C@@H](C)c2cc3ccccc3o2)cc1. The van der Waals surface area contributed by atoms with E-state index < -0.39 is 0 Å². The molecule has 7 heteroatoms. The smallest absolute Gasteiger partial charge is 0.238 e. The van der Waals surface area contributed by atoms with Gasteiger partial charge in [0.25, 0.3) is 0 Å². The number of carbonyl (C=O) groups is 2. The highest BCUT2D eigenvalue weighted by atomic mass is 16.5. The lowest BCUT2D eigenvalue weighted by Gasteiger charge is -2.18. The summed E-state index contributed by atoms with van der Waals surface area (Å²) in [6.45, 7) is 2.06. The van der Waals surface area contributed by atoms with E-state index in [1.807, 2.05) is 37.3 Å². The van der Waals surface area contributed by atoms with Crippen molar-refractivity contribution in [3.05, 3.63) is 60.4 Å². The van der Waals surface area contributed by atoms with Gasteiger partial charge < -0.3 is 19.8 Å². The molecule has 0 spiro atoms. The Morgan fingerprint density at radius 2 is 1.76 bits per heavy atom. The summed E-state index contributed by atoms with van der Waals surface area (Å²) >= 11 is 0. The number of methoxy groups -OCH3 is 1. The maximum atomic E-state index is 12.3. The van der Waals surface area contributed by atoms with Gasteiger partial charge in [-0.1, -0.05) is 18.2 Å². The van der Waals surface area contributed by atoms with Crippen molar-refractivity contribution in [1.29, 1.82) is 0 Å². The third-order valence-corrected chi connectivity index (χ3v) is 4.45. The molecule has 0 bridgehead atoms. The third-order valence-electron chi connectivity index (χ3n) is 4.45. The number of rotatable bonds is 8.